The van der Waals surface area contributed by atoms with Crippen LogP contribution in [0.4, 0.5) is 5.82 Å². The SMILES string of the molecule is C=CCOC(=O)[C@H](C#N)c1nc2ccccc2nc1N(CCCC)CCCC. The van der Waals surface area contributed by atoms with Gasteiger partial charge < -0.3 is 9.64 Å². The Balaban J connectivity index is 2.56. The predicted octanol–water partition coefficient (Wildman–Crippen LogP) is 4.37. The molecule has 0 aliphatic heterocycles. The van der Waals surface area contributed by atoms with E-state index in [1.807, 2.05) is 24.3 Å². The van der Waals surface area contributed by atoms with E-state index >= 15 is 0 Å². The van der Waals surface area contributed by atoms with Crippen molar-refractivity contribution in [2.75, 3.05) is 24.6 Å². The Morgan fingerprint density at radius 1 is 1.21 bits per heavy atom. The standard InChI is InChI=1S/C22H28N4O2/c1-4-7-13-26(14-8-5-2)21-20(17(16-23)22(27)28-15-6-3)24-18-11-9-10-12-19(18)25-21/h6,9-12,17H,3-5,7-8,13-15H2,1-2H3/t17-/m1/s1. The van der Waals surface area contributed by atoms with Crippen LogP contribution in [0.25, 0.3) is 11.0 Å². The lowest BCUT2D eigenvalue weighted by molar-refractivity contribution is -0.142. The topological polar surface area (TPSA) is 79.1 Å². The highest BCUT2D eigenvalue weighted by Gasteiger charge is 2.29. The summed E-state index contributed by atoms with van der Waals surface area (Å²) in [6, 6.07) is 9.56. The molecule has 1 atom stereocenters. The Morgan fingerprint density at radius 2 is 1.82 bits per heavy atom. The molecule has 0 spiro atoms. The Labute approximate surface area is 166 Å². The Hall–Kier alpha value is -2.94. The fraction of sp³-hybridized carbons (Fsp3) is 0.455. The molecule has 0 amide bonds. The lowest BCUT2D eigenvalue weighted by Gasteiger charge is -2.26. The third-order valence-electron chi connectivity index (χ3n) is 4.42. The molecular weight excluding hydrogens is 352 g/mol. The van der Waals surface area contributed by atoms with E-state index in [-0.39, 0.29) is 6.61 Å². The van der Waals surface area contributed by atoms with Gasteiger partial charge in [-0.25, -0.2) is 9.97 Å². The Kier molecular flexibility index (Phi) is 8.41. The summed E-state index contributed by atoms with van der Waals surface area (Å²) >= 11 is 0. The number of hydrogen-bond donors (Lipinski definition) is 0. The van der Waals surface area contributed by atoms with Crippen molar-refractivity contribution < 1.29 is 9.53 Å². The molecule has 6 heteroatoms. The number of rotatable bonds is 11. The predicted molar refractivity (Wildman–Crippen MR) is 111 cm³/mol. The molecule has 28 heavy (non-hydrogen) atoms. The minimum atomic E-state index is -1.13. The highest BCUT2D eigenvalue weighted by Crippen LogP contribution is 2.28. The van der Waals surface area contributed by atoms with E-state index in [4.69, 9.17) is 9.72 Å². The summed E-state index contributed by atoms with van der Waals surface area (Å²) in [7, 11) is 0. The molecule has 148 valence electrons. The lowest BCUT2D eigenvalue weighted by Crippen LogP contribution is -2.30. The molecule has 0 aliphatic rings. The molecule has 0 N–H and O–H groups in total. The smallest absolute Gasteiger partial charge is 0.330 e. The van der Waals surface area contributed by atoms with E-state index in [2.05, 4.69) is 36.4 Å². The fourth-order valence-electron chi connectivity index (χ4n) is 2.90. The molecule has 0 fully saturated rings. The van der Waals surface area contributed by atoms with Crippen molar-refractivity contribution in [3.05, 3.63) is 42.6 Å². The van der Waals surface area contributed by atoms with E-state index < -0.39 is 11.9 Å². The second-order valence-corrected chi connectivity index (χ2v) is 6.60. The number of aromatic nitrogens is 2. The summed E-state index contributed by atoms with van der Waals surface area (Å²) in [6.07, 6.45) is 5.56. The van der Waals surface area contributed by atoms with Crippen molar-refractivity contribution in [2.45, 2.75) is 45.4 Å². The van der Waals surface area contributed by atoms with Gasteiger partial charge in [0, 0.05) is 13.1 Å². The molecule has 0 saturated heterocycles. The van der Waals surface area contributed by atoms with Gasteiger partial charge in [-0.1, -0.05) is 51.5 Å². The zero-order valence-electron chi connectivity index (χ0n) is 16.7. The average molecular weight is 380 g/mol. The molecule has 2 rings (SSSR count). The van der Waals surface area contributed by atoms with Crippen molar-refractivity contribution in [1.29, 1.82) is 5.26 Å². The van der Waals surface area contributed by atoms with Gasteiger partial charge in [0.15, 0.2) is 11.7 Å². The molecule has 2 aromatic rings. The van der Waals surface area contributed by atoms with Crippen molar-refractivity contribution >= 4 is 22.8 Å². The third-order valence-corrected chi connectivity index (χ3v) is 4.42. The van der Waals surface area contributed by atoms with Crippen LogP contribution in [-0.4, -0.2) is 35.6 Å². The van der Waals surface area contributed by atoms with Gasteiger partial charge in [0.05, 0.1) is 17.1 Å². The first-order valence-electron chi connectivity index (χ1n) is 9.85. The zero-order chi connectivity index (χ0) is 20.4. The van der Waals surface area contributed by atoms with Crippen LogP contribution in [0.3, 0.4) is 0 Å². The molecule has 0 aliphatic carbocycles. The molecule has 0 saturated carbocycles. The fourth-order valence-corrected chi connectivity index (χ4v) is 2.90. The Morgan fingerprint density at radius 3 is 2.36 bits per heavy atom. The number of benzene rings is 1. The van der Waals surface area contributed by atoms with Crippen molar-refractivity contribution in [1.82, 2.24) is 9.97 Å². The van der Waals surface area contributed by atoms with Crippen molar-refractivity contribution in [2.24, 2.45) is 0 Å². The minimum absolute atomic E-state index is 0.0583. The van der Waals surface area contributed by atoms with Crippen LogP contribution in [0.1, 0.15) is 51.1 Å². The average Bonchev–Trinajstić information content (AvgIpc) is 2.72. The monoisotopic (exact) mass is 380 g/mol. The second kappa shape index (κ2) is 11.0. The van der Waals surface area contributed by atoms with E-state index in [9.17, 15) is 10.1 Å². The summed E-state index contributed by atoms with van der Waals surface area (Å²) in [5, 5.41) is 9.72. The number of para-hydroxylation sites is 2. The number of carbonyl (C=O) groups is 1. The van der Waals surface area contributed by atoms with Gasteiger partial charge in [-0.15, -0.1) is 0 Å². The number of fused-ring (bicyclic) bond motifs is 1. The van der Waals surface area contributed by atoms with Crippen LogP contribution in [-0.2, 0) is 9.53 Å². The van der Waals surface area contributed by atoms with E-state index in [1.165, 1.54) is 6.08 Å². The maximum atomic E-state index is 12.5. The van der Waals surface area contributed by atoms with Gasteiger partial charge in [-0.05, 0) is 25.0 Å². The van der Waals surface area contributed by atoms with Gasteiger partial charge in [0.1, 0.15) is 12.3 Å². The van der Waals surface area contributed by atoms with E-state index in [0.29, 0.717) is 17.0 Å². The van der Waals surface area contributed by atoms with Gasteiger partial charge in [-0.2, -0.15) is 5.26 Å². The first-order chi connectivity index (χ1) is 13.7. The van der Waals surface area contributed by atoms with E-state index in [1.54, 1.807) is 0 Å². The minimum Gasteiger partial charge on any atom is -0.460 e. The van der Waals surface area contributed by atoms with Crippen LogP contribution >= 0.6 is 0 Å². The molecule has 1 aromatic heterocycles. The van der Waals surface area contributed by atoms with Gasteiger partial charge in [0.25, 0.3) is 0 Å². The van der Waals surface area contributed by atoms with Crippen LogP contribution in [0.2, 0.25) is 0 Å². The summed E-state index contributed by atoms with van der Waals surface area (Å²) in [6.45, 7) is 9.48. The van der Waals surface area contributed by atoms with Crippen molar-refractivity contribution in [3.8, 4) is 6.07 Å². The highest BCUT2D eigenvalue weighted by atomic mass is 16.5. The quantitative estimate of drug-likeness (QED) is 0.425. The molecule has 0 unspecified atom stereocenters. The maximum absolute atomic E-state index is 12.5. The zero-order valence-corrected chi connectivity index (χ0v) is 16.7. The number of nitrogens with zero attached hydrogens (tertiary/aromatic N) is 4. The molecule has 0 bridgehead atoms. The summed E-state index contributed by atoms with van der Waals surface area (Å²) < 4.78 is 5.14. The van der Waals surface area contributed by atoms with Crippen LogP contribution in [0.5, 0.6) is 0 Å². The summed E-state index contributed by atoms with van der Waals surface area (Å²) in [5.74, 6) is -1.15. The van der Waals surface area contributed by atoms with Crippen LogP contribution < -0.4 is 4.90 Å². The number of carbonyl (C=O) groups excluding carboxylic acids is 1. The molecule has 6 nitrogen and oxygen atoms in total. The number of nitriles is 1. The van der Waals surface area contributed by atoms with Gasteiger partial charge in [0.2, 0.25) is 0 Å². The number of anilines is 1. The van der Waals surface area contributed by atoms with Crippen LogP contribution in [0.15, 0.2) is 36.9 Å². The van der Waals surface area contributed by atoms with Crippen molar-refractivity contribution in [3.63, 3.8) is 0 Å². The lowest BCUT2D eigenvalue weighted by atomic mass is 10.1. The molecular formula is C22H28N4O2. The number of esters is 1. The summed E-state index contributed by atoms with van der Waals surface area (Å²) in [4.78, 5) is 24.1. The number of ether oxygens (including phenoxy) is 1. The Bertz CT molecular complexity index is 836. The number of unbranched alkanes of at least 4 members (excludes halogenated alkanes) is 2. The second-order valence-electron chi connectivity index (χ2n) is 6.60. The normalized spacial score (nSPS) is 11.6. The maximum Gasteiger partial charge on any atom is 0.330 e. The molecule has 1 aromatic carbocycles. The molecule has 0 radical (unpaired) electrons. The first-order valence-corrected chi connectivity index (χ1v) is 9.85. The summed E-state index contributed by atoms with van der Waals surface area (Å²) in [5.41, 5.74) is 1.77. The highest BCUT2D eigenvalue weighted by molar-refractivity contribution is 5.85. The molecule has 1 heterocycles. The largest absolute Gasteiger partial charge is 0.460 e. The van der Waals surface area contributed by atoms with Crippen LogP contribution in [0, 0.1) is 11.3 Å². The third kappa shape index (κ3) is 5.29. The van der Waals surface area contributed by atoms with E-state index in [0.717, 1.165) is 44.3 Å². The van der Waals surface area contributed by atoms with Gasteiger partial charge >= 0.3 is 5.97 Å². The first kappa shape index (κ1) is 21.4. The number of hydrogen-bond acceptors (Lipinski definition) is 6. The van der Waals surface area contributed by atoms with Gasteiger partial charge in [-0.3, -0.25) is 4.79 Å².